The minimum absolute atomic E-state index is 0.326. The Morgan fingerprint density at radius 1 is 1.39 bits per heavy atom. The van der Waals surface area contributed by atoms with Crippen molar-refractivity contribution in [2.75, 3.05) is 5.73 Å². The highest BCUT2D eigenvalue weighted by Crippen LogP contribution is 2.38. The zero-order chi connectivity index (χ0) is 12.5. The molecule has 0 spiro atoms. The van der Waals surface area contributed by atoms with E-state index < -0.39 is 0 Å². The van der Waals surface area contributed by atoms with Gasteiger partial charge in [0.2, 0.25) is 0 Å². The van der Waals surface area contributed by atoms with E-state index in [1.165, 1.54) is 6.42 Å². The molecule has 0 radical (unpaired) electrons. The third-order valence-electron chi connectivity index (χ3n) is 3.95. The second-order valence-electron chi connectivity index (χ2n) is 5.12. The van der Waals surface area contributed by atoms with E-state index >= 15 is 0 Å². The molecule has 1 saturated carbocycles. The minimum Gasteiger partial charge on any atom is -0.382 e. The molecule has 4 heteroatoms. The van der Waals surface area contributed by atoms with Crippen molar-refractivity contribution >= 4 is 5.82 Å². The molecular weight excluding hydrogens is 226 g/mol. The van der Waals surface area contributed by atoms with Crippen molar-refractivity contribution in [2.24, 2.45) is 18.9 Å². The van der Waals surface area contributed by atoms with Gasteiger partial charge in [-0.25, -0.2) is 0 Å². The predicted octanol–water partition coefficient (Wildman–Crippen LogP) is 2.04. The maximum atomic E-state index is 6.05. The molecule has 2 aliphatic rings. The number of allylic oxidation sites excluding steroid dienone is 3. The fourth-order valence-electron chi connectivity index (χ4n) is 2.96. The first-order valence-electron chi connectivity index (χ1n) is 6.49. The van der Waals surface area contributed by atoms with Crippen molar-refractivity contribution in [1.29, 1.82) is 0 Å². The third-order valence-corrected chi connectivity index (χ3v) is 3.95. The Hall–Kier alpha value is -1.55. The Morgan fingerprint density at radius 2 is 2.22 bits per heavy atom. The Bertz CT molecular complexity index is 489. The second kappa shape index (κ2) is 4.61. The van der Waals surface area contributed by atoms with Crippen LogP contribution in [-0.2, 0) is 18.4 Å². The predicted molar refractivity (Wildman–Crippen MR) is 70.7 cm³/mol. The monoisotopic (exact) mass is 245 g/mol. The number of hydrogen-bond acceptors (Lipinski definition) is 3. The highest BCUT2D eigenvalue weighted by Gasteiger charge is 2.34. The molecule has 1 aromatic heterocycles. The molecule has 1 aromatic rings. The molecule has 0 unspecified atom stereocenters. The van der Waals surface area contributed by atoms with Gasteiger partial charge in [0.05, 0.1) is 18.4 Å². The van der Waals surface area contributed by atoms with Crippen molar-refractivity contribution in [1.82, 2.24) is 9.78 Å². The van der Waals surface area contributed by atoms with Gasteiger partial charge in [-0.15, -0.1) is 0 Å². The number of nitrogens with two attached hydrogens (primary N) is 1. The smallest absolute Gasteiger partial charge is 0.145 e. The summed E-state index contributed by atoms with van der Waals surface area (Å²) in [7, 11) is 1.90. The summed E-state index contributed by atoms with van der Waals surface area (Å²) in [4.78, 5) is 0. The molecule has 3 atom stereocenters. The van der Waals surface area contributed by atoms with Crippen LogP contribution in [0.1, 0.15) is 18.5 Å². The molecule has 96 valence electrons. The molecule has 18 heavy (non-hydrogen) atoms. The number of nitrogen functional groups attached to an aromatic ring is 1. The van der Waals surface area contributed by atoms with E-state index in [1.807, 2.05) is 13.1 Å². The van der Waals surface area contributed by atoms with Crippen molar-refractivity contribution < 1.29 is 4.74 Å². The maximum absolute atomic E-state index is 6.05. The van der Waals surface area contributed by atoms with Gasteiger partial charge >= 0.3 is 0 Å². The zero-order valence-electron chi connectivity index (χ0n) is 10.6. The van der Waals surface area contributed by atoms with Crippen LogP contribution in [0.5, 0.6) is 0 Å². The lowest BCUT2D eigenvalue weighted by Gasteiger charge is -2.22. The first-order chi connectivity index (χ1) is 8.74. The van der Waals surface area contributed by atoms with Crippen LogP contribution in [0.4, 0.5) is 5.82 Å². The van der Waals surface area contributed by atoms with E-state index in [1.54, 1.807) is 4.68 Å². The Kier molecular flexibility index (Phi) is 2.96. The first kappa shape index (κ1) is 11.5. The average Bonchev–Trinajstić information content (AvgIpc) is 2.90. The lowest BCUT2D eigenvalue weighted by Crippen LogP contribution is -2.21. The van der Waals surface area contributed by atoms with Gasteiger partial charge in [0.15, 0.2) is 0 Å². The number of anilines is 1. The Labute approximate surface area is 107 Å². The van der Waals surface area contributed by atoms with E-state index in [4.69, 9.17) is 10.5 Å². The summed E-state index contributed by atoms with van der Waals surface area (Å²) in [6, 6.07) is 1.88. The number of nitrogens with zero attached hydrogens (tertiary/aromatic N) is 2. The van der Waals surface area contributed by atoms with Crippen molar-refractivity contribution in [3.05, 3.63) is 36.1 Å². The summed E-state index contributed by atoms with van der Waals surface area (Å²) < 4.78 is 7.84. The molecule has 4 nitrogen and oxygen atoms in total. The van der Waals surface area contributed by atoms with Gasteiger partial charge in [-0.1, -0.05) is 24.3 Å². The molecule has 2 N–H and O–H groups in total. The van der Waals surface area contributed by atoms with Gasteiger partial charge in [0.25, 0.3) is 0 Å². The largest absolute Gasteiger partial charge is 0.382 e. The quantitative estimate of drug-likeness (QED) is 0.886. The lowest BCUT2D eigenvalue weighted by atomic mass is 9.91. The molecular formula is C14H19N3O. The van der Waals surface area contributed by atoms with Crippen LogP contribution in [0, 0.1) is 11.8 Å². The standard InChI is InChI=1S/C14H19N3O/c1-17-11(8-14(15)16-17)9-18-13-7-6-10-4-2-3-5-12(10)13/h2-5,8,10,12-13H,6-7,9H2,1H3,(H2,15,16)/t10-,12-,13-/m1/s1. The maximum Gasteiger partial charge on any atom is 0.145 e. The van der Waals surface area contributed by atoms with Gasteiger partial charge in [-0.05, 0) is 18.8 Å². The van der Waals surface area contributed by atoms with E-state index in [2.05, 4.69) is 29.4 Å². The van der Waals surface area contributed by atoms with Gasteiger partial charge in [-0.3, -0.25) is 4.68 Å². The van der Waals surface area contributed by atoms with Gasteiger partial charge in [-0.2, -0.15) is 5.10 Å². The lowest BCUT2D eigenvalue weighted by molar-refractivity contribution is 0.0208. The first-order valence-corrected chi connectivity index (χ1v) is 6.49. The number of rotatable bonds is 3. The van der Waals surface area contributed by atoms with Crippen LogP contribution in [0.15, 0.2) is 30.4 Å². The Morgan fingerprint density at radius 3 is 3.00 bits per heavy atom. The van der Waals surface area contributed by atoms with Crippen molar-refractivity contribution in [3.63, 3.8) is 0 Å². The van der Waals surface area contributed by atoms with E-state index in [0.717, 1.165) is 12.1 Å². The number of hydrogen-bond donors (Lipinski definition) is 1. The fraction of sp³-hybridized carbons (Fsp3) is 0.500. The zero-order valence-corrected chi connectivity index (χ0v) is 10.6. The van der Waals surface area contributed by atoms with E-state index in [9.17, 15) is 0 Å². The molecule has 1 heterocycles. The molecule has 0 aromatic carbocycles. The Balaban J connectivity index is 1.62. The normalized spacial score (nSPS) is 29.7. The number of ether oxygens (including phenoxy) is 1. The van der Waals surface area contributed by atoms with Crippen molar-refractivity contribution in [2.45, 2.75) is 25.6 Å². The third kappa shape index (κ3) is 2.08. The highest BCUT2D eigenvalue weighted by molar-refractivity contribution is 5.29. The summed E-state index contributed by atoms with van der Waals surface area (Å²) in [5.41, 5.74) is 6.70. The van der Waals surface area contributed by atoms with Gasteiger partial charge in [0.1, 0.15) is 5.82 Å². The SMILES string of the molecule is Cn1nc(N)cc1CO[C@@H]1CC[C@H]2C=CC=C[C@H]21. The van der Waals surface area contributed by atoms with Crippen LogP contribution < -0.4 is 5.73 Å². The summed E-state index contributed by atoms with van der Waals surface area (Å²) in [6.07, 6.45) is 11.5. The van der Waals surface area contributed by atoms with Crippen molar-refractivity contribution in [3.8, 4) is 0 Å². The summed E-state index contributed by atoms with van der Waals surface area (Å²) in [5, 5.41) is 4.13. The summed E-state index contributed by atoms with van der Waals surface area (Å²) >= 11 is 0. The molecule has 0 bridgehead atoms. The van der Waals surface area contributed by atoms with E-state index in [0.29, 0.717) is 30.4 Å². The average molecular weight is 245 g/mol. The van der Waals surface area contributed by atoms with Crippen LogP contribution in [0.2, 0.25) is 0 Å². The topological polar surface area (TPSA) is 53.1 Å². The van der Waals surface area contributed by atoms with Gasteiger partial charge in [0, 0.05) is 19.0 Å². The minimum atomic E-state index is 0.326. The summed E-state index contributed by atoms with van der Waals surface area (Å²) in [6.45, 7) is 0.589. The number of aromatic nitrogens is 2. The molecule has 1 fully saturated rings. The van der Waals surface area contributed by atoms with Crippen LogP contribution >= 0.6 is 0 Å². The van der Waals surface area contributed by atoms with Crippen LogP contribution in [0.25, 0.3) is 0 Å². The second-order valence-corrected chi connectivity index (χ2v) is 5.12. The molecule has 0 amide bonds. The highest BCUT2D eigenvalue weighted by atomic mass is 16.5. The summed E-state index contributed by atoms with van der Waals surface area (Å²) in [5.74, 6) is 1.76. The molecule has 3 rings (SSSR count). The fourth-order valence-corrected chi connectivity index (χ4v) is 2.96. The molecule has 2 aliphatic carbocycles. The molecule has 0 aliphatic heterocycles. The van der Waals surface area contributed by atoms with Crippen LogP contribution in [-0.4, -0.2) is 15.9 Å². The van der Waals surface area contributed by atoms with E-state index in [-0.39, 0.29) is 0 Å². The van der Waals surface area contributed by atoms with Crippen LogP contribution in [0.3, 0.4) is 0 Å². The number of aryl methyl sites for hydroxylation is 1. The molecule has 0 saturated heterocycles. The number of fused-ring (bicyclic) bond motifs is 1. The van der Waals surface area contributed by atoms with Gasteiger partial charge < -0.3 is 10.5 Å².